The number of ether oxygens (including phenoxy) is 1. The molecule has 0 bridgehead atoms. The molecule has 0 radical (unpaired) electrons. The highest BCUT2D eigenvalue weighted by Crippen LogP contribution is 2.19. The van der Waals surface area contributed by atoms with E-state index in [1.165, 1.54) is 0 Å². The normalized spacial score (nSPS) is 19.7. The van der Waals surface area contributed by atoms with E-state index in [0.29, 0.717) is 18.7 Å². The first-order chi connectivity index (χ1) is 11.0. The van der Waals surface area contributed by atoms with E-state index in [9.17, 15) is 13.2 Å². The van der Waals surface area contributed by atoms with Crippen LogP contribution in [0.5, 0.6) is 5.75 Å². The Bertz CT molecular complexity index is 685. The zero-order valence-electron chi connectivity index (χ0n) is 13.4. The third kappa shape index (κ3) is 4.48. The van der Waals surface area contributed by atoms with Crippen molar-refractivity contribution in [2.75, 3.05) is 25.2 Å². The predicted molar refractivity (Wildman–Crippen MR) is 90.0 cm³/mol. The lowest BCUT2D eigenvalue weighted by atomic mass is 10.2. The van der Waals surface area contributed by atoms with Gasteiger partial charge in [0.05, 0.1) is 18.6 Å². The molecule has 1 aromatic rings. The lowest BCUT2D eigenvalue weighted by molar-refractivity contribution is 0.187. The van der Waals surface area contributed by atoms with Crippen molar-refractivity contribution >= 4 is 21.9 Å². The molecule has 1 saturated heterocycles. The largest absolute Gasteiger partial charge is 0.496 e. The maximum absolute atomic E-state index is 12.3. The minimum absolute atomic E-state index is 0.0461. The molecule has 126 valence electrons. The number of sulfone groups is 1. The van der Waals surface area contributed by atoms with Gasteiger partial charge in [-0.1, -0.05) is 18.2 Å². The first-order valence-electron chi connectivity index (χ1n) is 7.54. The lowest BCUT2D eigenvalue weighted by Crippen LogP contribution is -2.45. The van der Waals surface area contributed by atoms with Gasteiger partial charge in [0, 0.05) is 24.4 Å². The minimum atomic E-state index is -3.01. The van der Waals surface area contributed by atoms with Crippen molar-refractivity contribution in [3.8, 4) is 5.75 Å². The molecule has 1 aliphatic rings. The van der Waals surface area contributed by atoms with Crippen molar-refractivity contribution in [3.05, 3.63) is 36.0 Å². The van der Waals surface area contributed by atoms with Gasteiger partial charge in [0.2, 0.25) is 0 Å². The summed E-state index contributed by atoms with van der Waals surface area (Å²) in [6.07, 6.45) is 3.79. The Balaban J connectivity index is 1.99. The average molecular weight is 338 g/mol. The Morgan fingerprint density at radius 3 is 2.78 bits per heavy atom. The fourth-order valence-corrected chi connectivity index (χ4v) is 4.41. The fraction of sp³-hybridized carbons (Fsp3) is 0.438. The number of rotatable bonds is 5. The summed E-state index contributed by atoms with van der Waals surface area (Å²) in [5.41, 5.74) is 0.849. The molecule has 6 nitrogen and oxygen atoms in total. The van der Waals surface area contributed by atoms with Gasteiger partial charge in [0.25, 0.3) is 0 Å². The molecular formula is C16H22N2O4S. The second-order valence-corrected chi connectivity index (χ2v) is 7.60. The maximum Gasteiger partial charge on any atom is 0.321 e. The van der Waals surface area contributed by atoms with Crippen LogP contribution >= 0.6 is 0 Å². The molecular weight excluding hydrogens is 316 g/mol. The van der Waals surface area contributed by atoms with Crippen LogP contribution in [0, 0.1) is 0 Å². The van der Waals surface area contributed by atoms with E-state index in [-0.39, 0.29) is 23.6 Å². The highest BCUT2D eigenvalue weighted by molar-refractivity contribution is 7.91. The molecule has 0 aliphatic carbocycles. The quantitative estimate of drug-likeness (QED) is 0.889. The number of carbonyl (C=O) groups excluding carboxylic acids is 1. The Labute approximate surface area is 137 Å². The third-order valence-electron chi connectivity index (χ3n) is 3.86. The van der Waals surface area contributed by atoms with E-state index in [0.717, 1.165) is 5.56 Å². The van der Waals surface area contributed by atoms with Crippen molar-refractivity contribution in [3.63, 3.8) is 0 Å². The third-order valence-corrected chi connectivity index (χ3v) is 5.61. The summed E-state index contributed by atoms with van der Waals surface area (Å²) in [6.45, 7) is 2.31. The van der Waals surface area contributed by atoms with Crippen molar-refractivity contribution in [1.29, 1.82) is 0 Å². The average Bonchev–Trinajstić information content (AvgIpc) is 2.88. The zero-order chi connectivity index (χ0) is 16.9. The van der Waals surface area contributed by atoms with Crippen LogP contribution < -0.4 is 10.1 Å². The first kappa shape index (κ1) is 17.3. The molecule has 23 heavy (non-hydrogen) atoms. The number of nitrogens with zero attached hydrogens (tertiary/aromatic N) is 1. The van der Waals surface area contributed by atoms with Crippen molar-refractivity contribution in [1.82, 2.24) is 10.2 Å². The Morgan fingerprint density at radius 2 is 2.17 bits per heavy atom. The smallest absolute Gasteiger partial charge is 0.321 e. The summed E-state index contributed by atoms with van der Waals surface area (Å²) in [5.74, 6) is 0.912. The van der Waals surface area contributed by atoms with Gasteiger partial charge in [-0.15, -0.1) is 0 Å². The molecule has 2 rings (SSSR count). The first-order valence-corrected chi connectivity index (χ1v) is 9.36. The molecule has 0 aromatic heterocycles. The number of hydrogen-bond donors (Lipinski definition) is 1. The summed E-state index contributed by atoms with van der Waals surface area (Å²) in [6, 6.07) is 6.93. The lowest BCUT2D eigenvalue weighted by Gasteiger charge is -2.26. The van der Waals surface area contributed by atoms with E-state index >= 15 is 0 Å². The van der Waals surface area contributed by atoms with E-state index < -0.39 is 9.84 Å². The molecule has 1 heterocycles. The summed E-state index contributed by atoms with van der Waals surface area (Å²) in [5, 5.41) is 2.69. The molecule has 7 heteroatoms. The Hall–Kier alpha value is -2.02. The van der Waals surface area contributed by atoms with Gasteiger partial charge in [0.15, 0.2) is 9.84 Å². The number of para-hydroxylation sites is 1. The van der Waals surface area contributed by atoms with Crippen LogP contribution in [0.3, 0.4) is 0 Å². The predicted octanol–water partition coefficient (Wildman–Crippen LogP) is 1.88. The molecule has 2 amide bonds. The van der Waals surface area contributed by atoms with Gasteiger partial charge >= 0.3 is 6.03 Å². The molecule has 1 N–H and O–H groups in total. The molecule has 1 atom stereocenters. The maximum atomic E-state index is 12.3. The fourth-order valence-electron chi connectivity index (χ4n) is 2.68. The van der Waals surface area contributed by atoms with Crippen LogP contribution in [0.4, 0.5) is 4.79 Å². The number of nitrogens with one attached hydrogen (secondary N) is 1. The van der Waals surface area contributed by atoms with Crippen molar-refractivity contribution in [2.24, 2.45) is 0 Å². The van der Waals surface area contributed by atoms with E-state index in [4.69, 9.17) is 4.74 Å². The van der Waals surface area contributed by atoms with Gasteiger partial charge < -0.3 is 15.0 Å². The highest BCUT2D eigenvalue weighted by Gasteiger charge is 2.33. The zero-order valence-corrected chi connectivity index (χ0v) is 14.2. The van der Waals surface area contributed by atoms with Gasteiger partial charge in [-0.3, -0.25) is 0 Å². The number of carbonyl (C=O) groups is 1. The SMILES string of the molecule is CCN(C(=O)N/C=C/c1ccccc1OC)C1CCS(=O)(=O)C1. The summed E-state index contributed by atoms with van der Waals surface area (Å²) < 4.78 is 28.4. The number of amides is 2. The second kappa shape index (κ2) is 7.50. The molecule has 1 fully saturated rings. The monoisotopic (exact) mass is 338 g/mol. The summed E-state index contributed by atoms with van der Waals surface area (Å²) in [7, 11) is -1.42. The number of benzene rings is 1. The second-order valence-electron chi connectivity index (χ2n) is 5.37. The Kier molecular flexibility index (Phi) is 5.65. The van der Waals surface area contributed by atoms with Crippen LogP contribution in [-0.4, -0.2) is 50.6 Å². The van der Waals surface area contributed by atoms with Gasteiger partial charge in [-0.05, 0) is 25.5 Å². The molecule has 1 unspecified atom stereocenters. The van der Waals surface area contributed by atoms with E-state index in [1.54, 1.807) is 24.3 Å². The van der Waals surface area contributed by atoms with Crippen molar-refractivity contribution in [2.45, 2.75) is 19.4 Å². The number of hydrogen-bond acceptors (Lipinski definition) is 4. The highest BCUT2D eigenvalue weighted by atomic mass is 32.2. The van der Waals surface area contributed by atoms with E-state index in [2.05, 4.69) is 5.32 Å². The van der Waals surface area contributed by atoms with Crippen LogP contribution in [0.15, 0.2) is 30.5 Å². The van der Waals surface area contributed by atoms with Crippen LogP contribution in [0.1, 0.15) is 18.9 Å². The topological polar surface area (TPSA) is 75.7 Å². The molecule has 0 spiro atoms. The van der Waals surface area contributed by atoms with Gasteiger partial charge in [-0.2, -0.15) is 0 Å². The Morgan fingerprint density at radius 1 is 1.43 bits per heavy atom. The molecule has 1 aromatic carbocycles. The van der Waals surface area contributed by atoms with Gasteiger partial charge in [-0.25, -0.2) is 13.2 Å². The van der Waals surface area contributed by atoms with Crippen LogP contribution in [0.25, 0.3) is 6.08 Å². The van der Waals surface area contributed by atoms with Crippen LogP contribution in [-0.2, 0) is 9.84 Å². The number of methoxy groups -OCH3 is 1. The van der Waals surface area contributed by atoms with Crippen molar-refractivity contribution < 1.29 is 17.9 Å². The van der Waals surface area contributed by atoms with Gasteiger partial charge in [0.1, 0.15) is 5.75 Å². The molecule has 0 saturated carbocycles. The minimum Gasteiger partial charge on any atom is -0.496 e. The van der Waals surface area contributed by atoms with E-state index in [1.807, 2.05) is 31.2 Å². The van der Waals surface area contributed by atoms with Crippen LogP contribution in [0.2, 0.25) is 0 Å². The summed E-state index contributed by atoms with van der Waals surface area (Å²) in [4.78, 5) is 13.8. The molecule has 1 aliphatic heterocycles. The number of urea groups is 1. The standard InChI is InChI=1S/C16H22N2O4S/c1-3-18(14-9-11-23(20,21)12-14)16(19)17-10-8-13-6-4-5-7-15(13)22-2/h4-8,10,14H,3,9,11-12H2,1-2H3,(H,17,19)/b10-8+. The summed E-state index contributed by atoms with van der Waals surface area (Å²) >= 11 is 0.